The molecule has 1 fully saturated rings. The van der Waals surface area contributed by atoms with Gasteiger partial charge in [0.1, 0.15) is 0 Å². The van der Waals surface area contributed by atoms with E-state index in [1.807, 2.05) is 0 Å². The van der Waals surface area contributed by atoms with Gasteiger partial charge in [-0.25, -0.2) is 0 Å². The highest BCUT2D eigenvalue weighted by Crippen LogP contribution is 2.05. The molecule has 1 saturated heterocycles. The number of rotatable bonds is 6. The van der Waals surface area contributed by atoms with E-state index in [0.717, 1.165) is 32.5 Å². The van der Waals surface area contributed by atoms with E-state index in [2.05, 4.69) is 43.2 Å². The second kappa shape index (κ2) is 6.97. The molecule has 0 saturated carbocycles. The van der Waals surface area contributed by atoms with Gasteiger partial charge in [-0.3, -0.25) is 9.69 Å². The summed E-state index contributed by atoms with van der Waals surface area (Å²) >= 11 is 0. The molecule has 1 rings (SSSR count). The van der Waals surface area contributed by atoms with Gasteiger partial charge in [0.05, 0.1) is 6.04 Å². The quantitative estimate of drug-likeness (QED) is 0.728. The summed E-state index contributed by atoms with van der Waals surface area (Å²) in [6.07, 6.45) is 2.09. The van der Waals surface area contributed by atoms with E-state index in [-0.39, 0.29) is 11.9 Å². The third kappa shape index (κ3) is 4.64. The van der Waals surface area contributed by atoms with Crippen LogP contribution in [-0.2, 0) is 4.79 Å². The first-order chi connectivity index (χ1) is 8.02. The minimum absolute atomic E-state index is 0.0431. The molecule has 17 heavy (non-hydrogen) atoms. The number of hydrogen-bond acceptors (Lipinski definition) is 3. The fourth-order valence-corrected chi connectivity index (χ4v) is 2.45. The van der Waals surface area contributed by atoms with E-state index in [1.165, 1.54) is 0 Å². The second-order valence-corrected chi connectivity index (χ2v) is 5.37. The van der Waals surface area contributed by atoms with E-state index < -0.39 is 0 Å². The number of carbonyl (C=O) groups is 1. The predicted molar refractivity (Wildman–Crippen MR) is 71.0 cm³/mol. The zero-order chi connectivity index (χ0) is 12.8. The standard InChI is InChI=1S/C13H27N3O/c1-10(2)16(11(3)4)9-8-15-13(17)12-6-5-7-14-12/h10-12,14H,5-9H2,1-4H3,(H,15,17)/t12-/m0/s1. The summed E-state index contributed by atoms with van der Waals surface area (Å²) in [5.74, 6) is 0.162. The molecule has 4 nitrogen and oxygen atoms in total. The van der Waals surface area contributed by atoms with Crippen LogP contribution in [0.4, 0.5) is 0 Å². The van der Waals surface area contributed by atoms with Crippen LogP contribution in [0.1, 0.15) is 40.5 Å². The topological polar surface area (TPSA) is 44.4 Å². The third-order valence-corrected chi connectivity index (χ3v) is 3.37. The number of nitrogens with zero attached hydrogens (tertiary/aromatic N) is 1. The van der Waals surface area contributed by atoms with Crippen molar-refractivity contribution in [3.05, 3.63) is 0 Å². The zero-order valence-corrected chi connectivity index (χ0v) is 11.6. The SMILES string of the molecule is CC(C)N(CCNC(=O)[C@@H]1CCCN1)C(C)C. The summed E-state index contributed by atoms with van der Waals surface area (Å²) in [7, 11) is 0. The summed E-state index contributed by atoms with van der Waals surface area (Å²) in [4.78, 5) is 14.2. The number of nitrogens with one attached hydrogen (secondary N) is 2. The molecule has 0 radical (unpaired) electrons. The monoisotopic (exact) mass is 241 g/mol. The highest BCUT2D eigenvalue weighted by molar-refractivity contribution is 5.81. The maximum atomic E-state index is 11.8. The molecule has 0 aromatic rings. The largest absolute Gasteiger partial charge is 0.353 e. The van der Waals surface area contributed by atoms with Gasteiger partial charge in [-0.15, -0.1) is 0 Å². The van der Waals surface area contributed by atoms with Crippen molar-refractivity contribution in [2.75, 3.05) is 19.6 Å². The Kier molecular flexibility index (Phi) is 5.92. The lowest BCUT2D eigenvalue weighted by molar-refractivity contribution is -0.122. The van der Waals surface area contributed by atoms with Crippen LogP contribution in [0.3, 0.4) is 0 Å². The van der Waals surface area contributed by atoms with E-state index in [1.54, 1.807) is 0 Å². The highest BCUT2D eigenvalue weighted by Gasteiger charge is 2.21. The molecule has 1 atom stereocenters. The van der Waals surface area contributed by atoms with Crippen LogP contribution in [-0.4, -0.2) is 48.6 Å². The molecule has 0 aliphatic carbocycles. The van der Waals surface area contributed by atoms with Crippen molar-refractivity contribution in [2.45, 2.75) is 58.7 Å². The molecule has 0 bridgehead atoms. The molecule has 1 aliphatic heterocycles. The zero-order valence-electron chi connectivity index (χ0n) is 11.6. The lowest BCUT2D eigenvalue weighted by Crippen LogP contribution is -2.46. The molecule has 0 unspecified atom stereocenters. The van der Waals surface area contributed by atoms with Crippen molar-refractivity contribution in [3.8, 4) is 0 Å². The van der Waals surface area contributed by atoms with E-state index in [4.69, 9.17) is 0 Å². The first-order valence-corrected chi connectivity index (χ1v) is 6.79. The van der Waals surface area contributed by atoms with Crippen LogP contribution in [0.15, 0.2) is 0 Å². The third-order valence-electron chi connectivity index (χ3n) is 3.37. The van der Waals surface area contributed by atoms with Crippen LogP contribution in [0.2, 0.25) is 0 Å². The maximum absolute atomic E-state index is 11.8. The van der Waals surface area contributed by atoms with Crippen molar-refractivity contribution >= 4 is 5.91 Å². The van der Waals surface area contributed by atoms with Gasteiger partial charge in [-0.05, 0) is 47.1 Å². The fraction of sp³-hybridized carbons (Fsp3) is 0.923. The Labute approximate surface area is 105 Å². The van der Waals surface area contributed by atoms with Crippen LogP contribution in [0.5, 0.6) is 0 Å². The van der Waals surface area contributed by atoms with Gasteiger partial charge in [0.15, 0.2) is 0 Å². The van der Waals surface area contributed by atoms with E-state index in [0.29, 0.717) is 12.1 Å². The Balaban J connectivity index is 2.23. The van der Waals surface area contributed by atoms with Gasteiger partial charge < -0.3 is 10.6 Å². The minimum atomic E-state index is 0.0431. The summed E-state index contributed by atoms with van der Waals surface area (Å²) in [5, 5.41) is 6.24. The van der Waals surface area contributed by atoms with Crippen molar-refractivity contribution in [3.63, 3.8) is 0 Å². The van der Waals surface area contributed by atoms with Gasteiger partial charge in [0.2, 0.25) is 5.91 Å². The highest BCUT2D eigenvalue weighted by atomic mass is 16.2. The van der Waals surface area contributed by atoms with E-state index in [9.17, 15) is 4.79 Å². The number of hydrogen-bond donors (Lipinski definition) is 2. The Bertz CT molecular complexity index is 227. The van der Waals surface area contributed by atoms with Crippen LogP contribution in [0.25, 0.3) is 0 Å². The maximum Gasteiger partial charge on any atom is 0.237 e. The van der Waals surface area contributed by atoms with Crippen LogP contribution >= 0.6 is 0 Å². The minimum Gasteiger partial charge on any atom is -0.353 e. The lowest BCUT2D eigenvalue weighted by atomic mass is 10.2. The van der Waals surface area contributed by atoms with Crippen molar-refractivity contribution in [1.29, 1.82) is 0 Å². The summed E-state index contributed by atoms with van der Waals surface area (Å²) < 4.78 is 0. The van der Waals surface area contributed by atoms with Crippen LogP contribution in [0, 0.1) is 0 Å². The second-order valence-electron chi connectivity index (χ2n) is 5.37. The van der Waals surface area contributed by atoms with Gasteiger partial charge in [-0.2, -0.15) is 0 Å². The molecule has 1 heterocycles. The lowest BCUT2D eigenvalue weighted by Gasteiger charge is -2.30. The van der Waals surface area contributed by atoms with Gasteiger partial charge in [0, 0.05) is 25.2 Å². The number of amides is 1. The Hall–Kier alpha value is -0.610. The first-order valence-electron chi connectivity index (χ1n) is 6.79. The van der Waals surface area contributed by atoms with Crippen LogP contribution < -0.4 is 10.6 Å². The average Bonchev–Trinajstić information content (AvgIpc) is 2.76. The molecule has 100 valence electrons. The molecular formula is C13H27N3O. The van der Waals surface area contributed by atoms with Crippen molar-refractivity contribution < 1.29 is 4.79 Å². The van der Waals surface area contributed by atoms with E-state index >= 15 is 0 Å². The van der Waals surface area contributed by atoms with Gasteiger partial charge >= 0.3 is 0 Å². The Morgan fingerprint density at radius 1 is 1.35 bits per heavy atom. The van der Waals surface area contributed by atoms with Gasteiger partial charge in [0.25, 0.3) is 0 Å². The fourth-order valence-electron chi connectivity index (χ4n) is 2.45. The molecular weight excluding hydrogens is 214 g/mol. The Morgan fingerprint density at radius 2 is 2.00 bits per heavy atom. The summed E-state index contributed by atoms with van der Waals surface area (Å²) in [6.45, 7) is 11.4. The summed E-state index contributed by atoms with van der Waals surface area (Å²) in [6, 6.07) is 1.09. The smallest absolute Gasteiger partial charge is 0.237 e. The normalized spacial score (nSPS) is 20.5. The molecule has 1 aliphatic rings. The van der Waals surface area contributed by atoms with Crippen molar-refractivity contribution in [1.82, 2.24) is 15.5 Å². The molecule has 0 aromatic heterocycles. The summed E-state index contributed by atoms with van der Waals surface area (Å²) in [5.41, 5.74) is 0. The van der Waals surface area contributed by atoms with Gasteiger partial charge in [-0.1, -0.05) is 0 Å². The number of carbonyl (C=O) groups excluding carboxylic acids is 1. The molecule has 2 N–H and O–H groups in total. The predicted octanol–water partition coefficient (Wildman–Crippen LogP) is 0.973. The average molecular weight is 241 g/mol. The first kappa shape index (κ1) is 14.5. The molecule has 1 amide bonds. The Morgan fingerprint density at radius 3 is 2.47 bits per heavy atom. The molecule has 4 heteroatoms. The molecule has 0 aromatic carbocycles. The molecule has 0 spiro atoms. The van der Waals surface area contributed by atoms with Crippen molar-refractivity contribution in [2.24, 2.45) is 0 Å².